The third kappa shape index (κ3) is 4.86. The van der Waals surface area contributed by atoms with Crippen LogP contribution >= 0.6 is 0 Å². The first-order chi connectivity index (χ1) is 8.17. The summed E-state index contributed by atoms with van der Waals surface area (Å²) in [6, 6.07) is 3.95. The van der Waals surface area contributed by atoms with E-state index < -0.39 is 0 Å². The van der Waals surface area contributed by atoms with Crippen molar-refractivity contribution in [2.45, 2.75) is 59.0 Å². The molecule has 0 aliphatic rings. The molecule has 0 fully saturated rings. The largest absolute Gasteiger partial charge is 0.388 e. The van der Waals surface area contributed by atoms with Crippen molar-refractivity contribution in [2.75, 3.05) is 0 Å². The minimum Gasteiger partial charge on any atom is -0.388 e. The van der Waals surface area contributed by atoms with E-state index >= 15 is 0 Å². The Bertz CT molecular complexity index is 307. The van der Waals surface area contributed by atoms with Gasteiger partial charge in [0.25, 0.3) is 0 Å². The summed E-state index contributed by atoms with van der Waals surface area (Å²) < 4.78 is 0. The summed E-state index contributed by atoms with van der Waals surface area (Å²) in [6.07, 6.45) is 7.17. The zero-order valence-electron chi connectivity index (χ0n) is 11.3. The van der Waals surface area contributed by atoms with Gasteiger partial charge >= 0.3 is 0 Å². The number of hydrogen-bond donors (Lipinski definition) is 1. The standard InChI is InChI=1S/C15H25NO/c1-4-6-7-13(5-2)10-15(17)14-9-8-12(3)16-11-14/h8-9,11,13,15,17H,4-7,10H2,1-3H3. The first-order valence-electron chi connectivity index (χ1n) is 6.78. The van der Waals surface area contributed by atoms with Gasteiger partial charge in [0, 0.05) is 11.9 Å². The lowest BCUT2D eigenvalue weighted by Crippen LogP contribution is -2.07. The maximum absolute atomic E-state index is 10.2. The van der Waals surface area contributed by atoms with E-state index in [1.54, 1.807) is 6.20 Å². The molecule has 1 N–H and O–H groups in total. The molecule has 0 saturated carbocycles. The van der Waals surface area contributed by atoms with Crippen LogP contribution in [0, 0.1) is 12.8 Å². The molecule has 0 aliphatic carbocycles. The molecule has 96 valence electrons. The van der Waals surface area contributed by atoms with Gasteiger partial charge in [-0.2, -0.15) is 0 Å². The molecule has 0 bridgehead atoms. The third-order valence-corrected chi connectivity index (χ3v) is 3.42. The number of nitrogens with zero attached hydrogens (tertiary/aromatic N) is 1. The van der Waals surface area contributed by atoms with Crippen LogP contribution in [0.2, 0.25) is 0 Å². The fourth-order valence-corrected chi connectivity index (χ4v) is 2.11. The summed E-state index contributed by atoms with van der Waals surface area (Å²) in [4.78, 5) is 4.24. The molecular weight excluding hydrogens is 210 g/mol. The molecular formula is C15H25NO. The van der Waals surface area contributed by atoms with Gasteiger partial charge in [-0.15, -0.1) is 0 Å². The number of hydrogen-bond acceptors (Lipinski definition) is 2. The predicted octanol–water partition coefficient (Wildman–Crippen LogP) is 4.03. The van der Waals surface area contributed by atoms with Gasteiger partial charge in [-0.1, -0.05) is 45.6 Å². The molecule has 2 unspecified atom stereocenters. The highest BCUT2D eigenvalue weighted by Gasteiger charge is 2.14. The van der Waals surface area contributed by atoms with Crippen molar-refractivity contribution in [2.24, 2.45) is 5.92 Å². The first-order valence-corrected chi connectivity index (χ1v) is 6.78. The molecule has 0 amide bonds. The van der Waals surface area contributed by atoms with E-state index in [0.717, 1.165) is 24.1 Å². The van der Waals surface area contributed by atoms with Crippen molar-refractivity contribution >= 4 is 0 Å². The second-order valence-corrected chi connectivity index (χ2v) is 4.90. The van der Waals surface area contributed by atoms with Crippen LogP contribution in [0.5, 0.6) is 0 Å². The summed E-state index contributed by atoms with van der Waals surface area (Å²) in [5.74, 6) is 0.631. The van der Waals surface area contributed by atoms with E-state index in [-0.39, 0.29) is 6.10 Å². The summed E-state index contributed by atoms with van der Waals surface area (Å²) in [5, 5.41) is 10.2. The topological polar surface area (TPSA) is 33.1 Å². The molecule has 0 spiro atoms. The van der Waals surface area contributed by atoms with E-state index in [9.17, 15) is 5.11 Å². The summed E-state index contributed by atoms with van der Waals surface area (Å²) in [6.45, 7) is 6.39. The number of aliphatic hydroxyl groups excluding tert-OH is 1. The Labute approximate surface area is 105 Å². The van der Waals surface area contributed by atoms with Crippen molar-refractivity contribution in [3.05, 3.63) is 29.6 Å². The smallest absolute Gasteiger partial charge is 0.0807 e. The Morgan fingerprint density at radius 3 is 2.59 bits per heavy atom. The molecule has 1 rings (SSSR count). The normalized spacial score (nSPS) is 14.6. The van der Waals surface area contributed by atoms with Gasteiger partial charge in [0.1, 0.15) is 0 Å². The van der Waals surface area contributed by atoms with Crippen LogP contribution in [0.4, 0.5) is 0 Å². The first kappa shape index (κ1) is 14.2. The highest BCUT2D eigenvalue weighted by atomic mass is 16.3. The van der Waals surface area contributed by atoms with Crippen molar-refractivity contribution in [3.8, 4) is 0 Å². The van der Waals surface area contributed by atoms with E-state index in [4.69, 9.17) is 0 Å². The number of aliphatic hydroxyl groups is 1. The maximum Gasteiger partial charge on any atom is 0.0807 e. The molecule has 2 atom stereocenters. The maximum atomic E-state index is 10.2. The van der Waals surface area contributed by atoms with E-state index in [1.165, 1.54) is 19.3 Å². The molecule has 0 aromatic carbocycles. The molecule has 1 aromatic rings. The summed E-state index contributed by atoms with van der Waals surface area (Å²) in [7, 11) is 0. The fraction of sp³-hybridized carbons (Fsp3) is 0.667. The zero-order valence-corrected chi connectivity index (χ0v) is 11.3. The number of aromatic nitrogens is 1. The molecule has 1 heterocycles. The Kier molecular flexibility index (Phi) is 6.20. The fourth-order valence-electron chi connectivity index (χ4n) is 2.11. The van der Waals surface area contributed by atoms with Crippen LogP contribution in [0.1, 0.15) is 63.3 Å². The van der Waals surface area contributed by atoms with Crippen molar-refractivity contribution in [1.29, 1.82) is 0 Å². The van der Waals surface area contributed by atoms with Gasteiger partial charge in [0.05, 0.1) is 6.10 Å². The third-order valence-electron chi connectivity index (χ3n) is 3.42. The molecule has 1 aromatic heterocycles. The monoisotopic (exact) mass is 235 g/mol. The van der Waals surface area contributed by atoms with Gasteiger partial charge in [-0.25, -0.2) is 0 Å². The minimum absolute atomic E-state index is 0.357. The lowest BCUT2D eigenvalue weighted by molar-refractivity contribution is 0.138. The lowest BCUT2D eigenvalue weighted by Gasteiger charge is -2.18. The number of rotatable bonds is 7. The van der Waals surface area contributed by atoms with Crippen molar-refractivity contribution < 1.29 is 5.11 Å². The van der Waals surface area contributed by atoms with Gasteiger partial charge < -0.3 is 5.11 Å². The highest BCUT2D eigenvalue weighted by Crippen LogP contribution is 2.26. The van der Waals surface area contributed by atoms with Crippen molar-refractivity contribution in [1.82, 2.24) is 4.98 Å². The number of unbranched alkanes of at least 4 members (excludes halogenated alkanes) is 1. The minimum atomic E-state index is -0.357. The van der Waals surface area contributed by atoms with E-state index in [0.29, 0.717) is 5.92 Å². The van der Waals surface area contributed by atoms with Gasteiger partial charge in [0.2, 0.25) is 0 Å². The van der Waals surface area contributed by atoms with E-state index in [2.05, 4.69) is 18.8 Å². The molecule has 2 nitrogen and oxygen atoms in total. The average Bonchev–Trinajstić information content (AvgIpc) is 2.35. The zero-order chi connectivity index (χ0) is 12.7. The van der Waals surface area contributed by atoms with Crippen LogP contribution in [-0.2, 0) is 0 Å². The second-order valence-electron chi connectivity index (χ2n) is 4.90. The Morgan fingerprint density at radius 1 is 1.29 bits per heavy atom. The van der Waals surface area contributed by atoms with Gasteiger partial charge in [0.15, 0.2) is 0 Å². The summed E-state index contributed by atoms with van der Waals surface area (Å²) >= 11 is 0. The highest BCUT2D eigenvalue weighted by molar-refractivity contribution is 5.15. The molecule has 0 saturated heterocycles. The van der Waals surface area contributed by atoms with Crippen LogP contribution in [0.15, 0.2) is 18.3 Å². The lowest BCUT2D eigenvalue weighted by atomic mass is 9.91. The Hall–Kier alpha value is -0.890. The van der Waals surface area contributed by atoms with Crippen LogP contribution in [0.3, 0.4) is 0 Å². The second kappa shape index (κ2) is 7.44. The van der Waals surface area contributed by atoms with E-state index in [1.807, 2.05) is 19.1 Å². The average molecular weight is 235 g/mol. The van der Waals surface area contributed by atoms with Crippen LogP contribution in [-0.4, -0.2) is 10.1 Å². The molecule has 17 heavy (non-hydrogen) atoms. The van der Waals surface area contributed by atoms with Gasteiger partial charge in [-0.3, -0.25) is 4.98 Å². The van der Waals surface area contributed by atoms with Crippen molar-refractivity contribution in [3.63, 3.8) is 0 Å². The Balaban J connectivity index is 2.51. The molecule has 2 heteroatoms. The SMILES string of the molecule is CCCCC(CC)CC(O)c1ccc(C)nc1. The molecule has 0 aliphatic heterocycles. The quantitative estimate of drug-likeness (QED) is 0.774. The van der Waals surface area contributed by atoms with Crippen LogP contribution < -0.4 is 0 Å². The summed E-state index contributed by atoms with van der Waals surface area (Å²) in [5.41, 5.74) is 1.95. The number of pyridine rings is 1. The molecule has 0 radical (unpaired) electrons. The van der Waals surface area contributed by atoms with Gasteiger partial charge in [-0.05, 0) is 30.9 Å². The van der Waals surface area contributed by atoms with Crippen LogP contribution in [0.25, 0.3) is 0 Å². The predicted molar refractivity (Wildman–Crippen MR) is 71.9 cm³/mol. The number of aryl methyl sites for hydroxylation is 1. The Morgan fingerprint density at radius 2 is 2.06 bits per heavy atom.